The molecule has 0 fully saturated rings. The first-order valence-electron chi connectivity index (χ1n) is 8.99. The van der Waals surface area contributed by atoms with Crippen molar-refractivity contribution in [2.45, 2.75) is 6.92 Å². The van der Waals surface area contributed by atoms with E-state index in [-0.39, 0.29) is 12.4 Å². The molecule has 1 heterocycles. The predicted octanol–water partition coefficient (Wildman–Crippen LogP) is 3.91. The quantitative estimate of drug-likeness (QED) is 0.301. The summed E-state index contributed by atoms with van der Waals surface area (Å²) >= 11 is 3.42. The van der Waals surface area contributed by atoms with Crippen LogP contribution in [-0.4, -0.2) is 38.4 Å². The number of furan rings is 1. The van der Waals surface area contributed by atoms with Crippen LogP contribution in [0.1, 0.15) is 23.0 Å². The number of methoxy groups -OCH3 is 1. The van der Waals surface area contributed by atoms with Crippen molar-refractivity contribution in [1.29, 1.82) is 0 Å². The molecule has 1 amide bonds. The molecule has 1 N–H and O–H groups in total. The molecule has 0 aliphatic rings. The van der Waals surface area contributed by atoms with Gasteiger partial charge in [-0.05, 0) is 47.1 Å². The average molecular weight is 475 g/mol. The summed E-state index contributed by atoms with van der Waals surface area (Å²) in [6.45, 7) is 1.98. The minimum atomic E-state index is -0.507. The van der Waals surface area contributed by atoms with Crippen molar-refractivity contribution in [3.05, 3.63) is 58.3 Å². The Balaban J connectivity index is 1.72. The highest BCUT2D eigenvalue weighted by atomic mass is 79.9. The van der Waals surface area contributed by atoms with Gasteiger partial charge in [0.25, 0.3) is 0 Å². The van der Waals surface area contributed by atoms with Gasteiger partial charge >= 0.3 is 11.9 Å². The van der Waals surface area contributed by atoms with E-state index in [4.69, 9.17) is 13.9 Å². The molecule has 3 rings (SSSR count). The fraction of sp³-hybridized carbons (Fsp3) is 0.190. The van der Waals surface area contributed by atoms with Crippen LogP contribution in [0.2, 0.25) is 0 Å². The first-order valence-corrected chi connectivity index (χ1v) is 9.79. The van der Waals surface area contributed by atoms with E-state index in [0.29, 0.717) is 33.7 Å². The summed E-state index contributed by atoms with van der Waals surface area (Å²) in [5.74, 6) is -0.0182. The van der Waals surface area contributed by atoms with Crippen LogP contribution >= 0.6 is 15.9 Å². The summed E-state index contributed by atoms with van der Waals surface area (Å²) in [6.07, 6.45) is 1.46. The van der Waals surface area contributed by atoms with Gasteiger partial charge in [0, 0.05) is 15.4 Å². The Morgan fingerprint density at radius 2 is 1.93 bits per heavy atom. The van der Waals surface area contributed by atoms with Gasteiger partial charge in [-0.15, -0.1) is 0 Å². The molecule has 156 valence electrons. The number of ether oxygens (including phenoxy) is 3. The van der Waals surface area contributed by atoms with E-state index in [9.17, 15) is 9.59 Å². The molecule has 0 atom stereocenters. The number of nitrogens with one attached hydrogen (secondary N) is 1. The zero-order chi connectivity index (χ0) is 21.5. The van der Waals surface area contributed by atoms with Crippen LogP contribution in [0.5, 0.6) is 11.5 Å². The summed E-state index contributed by atoms with van der Waals surface area (Å²) in [6, 6.07) is 12.3. The number of nitrogens with zero attached hydrogens (tertiary/aromatic N) is 1. The number of hydrazone groups is 1. The number of benzene rings is 2. The predicted molar refractivity (Wildman–Crippen MR) is 114 cm³/mol. The first kappa shape index (κ1) is 21.4. The number of amides is 1. The third-order valence-electron chi connectivity index (χ3n) is 3.96. The molecular formula is C21H19BrN2O6. The number of para-hydroxylation sites is 1. The molecule has 0 saturated heterocycles. The van der Waals surface area contributed by atoms with Gasteiger partial charge in [-0.25, -0.2) is 10.2 Å². The maximum atomic E-state index is 12.3. The molecule has 0 aliphatic heterocycles. The lowest BCUT2D eigenvalue weighted by molar-refractivity contribution is -0.142. The van der Waals surface area contributed by atoms with Crippen molar-refractivity contribution in [2.75, 3.05) is 20.3 Å². The highest BCUT2D eigenvalue weighted by molar-refractivity contribution is 9.10. The van der Waals surface area contributed by atoms with E-state index < -0.39 is 11.9 Å². The van der Waals surface area contributed by atoms with Crippen molar-refractivity contribution in [1.82, 2.24) is 5.43 Å². The van der Waals surface area contributed by atoms with E-state index in [1.165, 1.54) is 13.3 Å². The lowest BCUT2D eigenvalue weighted by Gasteiger charge is -2.13. The van der Waals surface area contributed by atoms with Gasteiger partial charge in [-0.3, -0.25) is 4.79 Å². The third kappa shape index (κ3) is 5.18. The Hall–Kier alpha value is -3.33. The highest BCUT2D eigenvalue weighted by Gasteiger charge is 2.13. The van der Waals surface area contributed by atoms with E-state index in [0.717, 1.165) is 5.39 Å². The van der Waals surface area contributed by atoms with E-state index >= 15 is 0 Å². The Kier molecular flexibility index (Phi) is 7.08. The summed E-state index contributed by atoms with van der Waals surface area (Å²) in [5, 5.41) is 4.81. The van der Waals surface area contributed by atoms with Crippen molar-refractivity contribution >= 4 is 45.0 Å². The second-order valence-corrected chi connectivity index (χ2v) is 6.82. The molecular weight excluding hydrogens is 456 g/mol. The molecule has 0 bridgehead atoms. The fourth-order valence-corrected chi connectivity index (χ4v) is 2.96. The lowest BCUT2D eigenvalue weighted by atomic mass is 10.2. The number of hydrogen-bond acceptors (Lipinski definition) is 7. The second kappa shape index (κ2) is 9.93. The molecule has 8 nitrogen and oxygen atoms in total. The number of carbonyl (C=O) groups excluding carboxylic acids is 2. The van der Waals surface area contributed by atoms with Crippen LogP contribution in [-0.2, 0) is 9.53 Å². The van der Waals surface area contributed by atoms with E-state index in [1.807, 2.05) is 25.1 Å². The molecule has 0 saturated carbocycles. The van der Waals surface area contributed by atoms with Gasteiger partial charge in [-0.1, -0.05) is 18.2 Å². The first-order chi connectivity index (χ1) is 14.5. The Morgan fingerprint density at radius 3 is 2.67 bits per heavy atom. The summed E-state index contributed by atoms with van der Waals surface area (Å²) < 4.78 is 21.7. The topological polar surface area (TPSA) is 99.4 Å². The Morgan fingerprint density at radius 1 is 1.17 bits per heavy atom. The number of carbonyl (C=O) groups is 2. The van der Waals surface area contributed by atoms with Gasteiger partial charge in [0.05, 0.1) is 19.9 Å². The van der Waals surface area contributed by atoms with E-state index in [1.54, 1.807) is 24.3 Å². The molecule has 0 aliphatic carbocycles. The SMILES string of the molecule is CCOc1cc(/C=N/NC(=O)c2cc3ccccc3o2)c(Br)cc1OCC(=O)OC. The molecule has 30 heavy (non-hydrogen) atoms. The fourth-order valence-electron chi connectivity index (χ4n) is 2.54. The van der Waals surface area contributed by atoms with Crippen LogP contribution in [0.4, 0.5) is 0 Å². The number of halogens is 1. The van der Waals surface area contributed by atoms with Crippen LogP contribution in [0, 0.1) is 0 Å². The zero-order valence-electron chi connectivity index (χ0n) is 16.3. The summed E-state index contributed by atoms with van der Waals surface area (Å²) in [4.78, 5) is 23.6. The second-order valence-electron chi connectivity index (χ2n) is 5.97. The van der Waals surface area contributed by atoms with Gasteiger partial charge in [0.1, 0.15) is 5.58 Å². The summed E-state index contributed by atoms with van der Waals surface area (Å²) in [7, 11) is 1.28. The van der Waals surface area contributed by atoms with Crippen LogP contribution in [0.3, 0.4) is 0 Å². The van der Waals surface area contributed by atoms with Gasteiger partial charge < -0.3 is 18.6 Å². The molecule has 3 aromatic rings. The monoisotopic (exact) mass is 474 g/mol. The number of rotatable bonds is 8. The Labute approximate surface area is 180 Å². The van der Waals surface area contributed by atoms with Crippen LogP contribution < -0.4 is 14.9 Å². The van der Waals surface area contributed by atoms with Crippen molar-refractivity contribution in [3.63, 3.8) is 0 Å². The third-order valence-corrected chi connectivity index (χ3v) is 4.64. The van der Waals surface area contributed by atoms with Gasteiger partial charge in [0.2, 0.25) is 0 Å². The van der Waals surface area contributed by atoms with Crippen molar-refractivity contribution in [2.24, 2.45) is 5.10 Å². The molecule has 1 aromatic heterocycles. The minimum Gasteiger partial charge on any atom is -0.490 e. The highest BCUT2D eigenvalue weighted by Crippen LogP contribution is 2.33. The molecule has 9 heteroatoms. The normalized spacial score (nSPS) is 10.9. The Bertz CT molecular complexity index is 1060. The number of esters is 1. The van der Waals surface area contributed by atoms with Gasteiger partial charge in [0.15, 0.2) is 23.9 Å². The van der Waals surface area contributed by atoms with Gasteiger partial charge in [-0.2, -0.15) is 5.10 Å². The largest absolute Gasteiger partial charge is 0.490 e. The average Bonchev–Trinajstić information content (AvgIpc) is 3.19. The van der Waals surface area contributed by atoms with E-state index in [2.05, 4.69) is 31.2 Å². The maximum absolute atomic E-state index is 12.3. The molecule has 0 spiro atoms. The van der Waals surface area contributed by atoms with Crippen LogP contribution in [0.25, 0.3) is 11.0 Å². The standard InChI is InChI=1S/C21H19BrN2O6/c1-3-28-17-9-14(15(22)10-18(17)29-12-20(25)27-2)11-23-24-21(26)19-8-13-6-4-5-7-16(13)30-19/h4-11H,3,12H2,1-2H3,(H,24,26)/b23-11+. The number of hydrogen-bond donors (Lipinski definition) is 1. The lowest BCUT2D eigenvalue weighted by Crippen LogP contribution is -2.16. The summed E-state index contributed by atoms with van der Waals surface area (Å²) in [5.41, 5.74) is 3.69. The number of fused-ring (bicyclic) bond motifs is 1. The molecule has 0 unspecified atom stereocenters. The maximum Gasteiger partial charge on any atom is 0.343 e. The van der Waals surface area contributed by atoms with Crippen molar-refractivity contribution in [3.8, 4) is 11.5 Å². The van der Waals surface area contributed by atoms with Crippen LogP contribution in [0.15, 0.2) is 56.5 Å². The smallest absolute Gasteiger partial charge is 0.343 e. The molecule has 2 aromatic carbocycles. The van der Waals surface area contributed by atoms with Crippen molar-refractivity contribution < 1.29 is 28.2 Å². The minimum absolute atomic E-state index is 0.161. The zero-order valence-corrected chi connectivity index (χ0v) is 17.9. The molecule has 0 radical (unpaired) electrons.